The molecule has 7 heavy (non-hydrogen) atoms. The third kappa shape index (κ3) is 18.6. The first kappa shape index (κ1) is 15.8. The predicted molar refractivity (Wildman–Crippen MR) is 30.5 cm³/mol. The average molecular weight is 242 g/mol. The molecule has 0 aliphatic carbocycles. The van der Waals surface area contributed by atoms with Gasteiger partial charge in [0.15, 0.2) is 0 Å². The Balaban J connectivity index is -0.0000000800. The van der Waals surface area contributed by atoms with Gasteiger partial charge in [-0.3, -0.25) is 0 Å². The van der Waals surface area contributed by atoms with E-state index in [9.17, 15) is 0 Å². The Hall–Kier alpha value is 1.47. The van der Waals surface area contributed by atoms with Crippen LogP contribution >= 0.6 is 0 Å². The second kappa shape index (κ2) is 10.5. The van der Waals surface area contributed by atoms with Crippen LogP contribution in [0.3, 0.4) is 0 Å². The van der Waals surface area contributed by atoms with E-state index in [0.717, 1.165) is 0 Å². The number of halogens is 1. The molecular weight excluding hydrogens is 233 g/mol. The molecule has 0 saturated carbocycles. The van der Waals surface area contributed by atoms with E-state index in [1.165, 1.54) is 5.57 Å². The molecule has 0 aromatic carbocycles. The maximum Gasteiger partial charge on any atom is 2.00 e. The van der Waals surface area contributed by atoms with Crippen LogP contribution in [-0.2, 0) is 0 Å². The van der Waals surface area contributed by atoms with E-state index in [4.69, 9.17) is 0 Å². The summed E-state index contributed by atoms with van der Waals surface area (Å²) < 4.78 is 0. The van der Waals surface area contributed by atoms with Crippen LogP contribution in [0.15, 0.2) is 11.6 Å². The van der Waals surface area contributed by atoms with Crippen molar-refractivity contribution in [3.8, 4) is 0 Å². The van der Waals surface area contributed by atoms with E-state index < -0.39 is 0 Å². The first-order valence-corrected chi connectivity index (χ1v) is 1.70. The third-order valence-corrected chi connectivity index (χ3v) is 0.408. The van der Waals surface area contributed by atoms with Crippen LogP contribution in [-0.4, -0.2) is 48.9 Å². The van der Waals surface area contributed by atoms with Crippen molar-refractivity contribution in [3.05, 3.63) is 18.6 Å². The molecule has 2 heteroatoms. The van der Waals surface area contributed by atoms with Crippen LogP contribution in [0, 0.1) is 6.92 Å². The summed E-state index contributed by atoms with van der Waals surface area (Å²) in [5.74, 6) is 0. The molecule has 0 rings (SSSR count). The molecule has 0 bridgehead atoms. The fraction of sp³-hybridized carbons (Fsp3) is 0.400. The third-order valence-electron chi connectivity index (χ3n) is 0.408. The summed E-state index contributed by atoms with van der Waals surface area (Å²) in [6.45, 7) is 7.56. The van der Waals surface area contributed by atoms with E-state index in [1.807, 2.05) is 19.9 Å². The van der Waals surface area contributed by atoms with Crippen LogP contribution in [0.5, 0.6) is 0 Å². The molecule has 0 aromatic heterocycles. The van der Waals surface area contributed by atoms with Crippen molar-refractivity contribution in [1.82, 2.24) is 0 Å². The molecule has 0 nitrogen and oxygen atoms in total. The van der Waals surface area contributed by atoms with Gasteiger partial charge in [-0.2, -0.15) is 0 Å². The van der Waals surface area contributed by atoms with Crippen LogP contribution < -0.4 is 12.4 Å². The normalized spacial score (nSPS) is 4.86. The van der Waals surface area contributed by atoms with E-state index in [2.05, 4.69) is 6.92 Å². The second-order valence-electron chi connectivity index (χ2n) is 1.28. The zero-order valence-corrected chi connectivity index (χ0v) is 10.1. The van der Waals surface area contributed by atoms with Gasteiger partial charge in [0.2, 0.25) is 0 Å². The Morgan fingerprint density at radius 1 is 1.43 bits per heavy atom. The molecule has 0 aliphatic heterocycles. The SMILES string of the molecule is [Ba+2].[CH2-]C=C(C)C.[Cl-]. The van der Waals surface area contributed by atoms with Gasteiger partial charge >= 0.3 is 48.9 Å². The fourth-order valence-corrected chi connectivity index (χ4v) is 0. The molecule has 0 fully saturated rings. The average Bonchev–Trinajstić information content (AvgIpc) is 1.38. The zero-order valence-electron chi connectivity index (χ0n) is 4.87. The molecule has 0 unspecified atom stereocenters. The first-order valence-electron chi connectivity index (χ1n) is 1.70. The first-order chi connectivity index (χ1) is 2.27. The fourth-order valence-electron chi connectivity index (χ4n) is 0. The van der Waals surface area contributed by atoms with Gasteiger partial charge < -0.3 is 12.4 Å². The van der Waals surface area contributed by atoms with Gasteiger partial charge in [0.05, 0.1) is 0 Å². The van der Waals surface area contributed by atoms with Gasteiger partial charge in [-0.1, -0.05) is 0 Å². The predicted octanol–water partition coefficient (Wildman–Crippen LogP) is -1.59. The van der Waals surface area contributed by atoms with Crippen LogP contribution in [0.25, 0.3) is 0 Å². The maximum absolute atomic E-state index is 3.52. The molecule has 0 spiro atoms. The van der Waals surface area contributed by atoms with Crippen molar-refractivity contribution in [3.63, 3.8) is 0 Å². The van der Waals surface area contributed by atoms with Gasteiger partial charge in [-0.15, -0.1) is 13.8 Å². The second-order valence-corrected chi connectivity index (χ2v) is 1.28. The van der Waals surface area contributed by atoms with Gasteiger partial charge in [0.1, 0.15) is 0 Å². The molecule has 0 atom stereocenters. The molecule has 0 aromatic rings. The minimum absolute atomic E-state index is 0. The van der Waals surface area contributed by atoms with Crippen LogP contribution in [0.4, 0.5) is 0 Å². The summed E-state index contributed by atoms with van der Waals surface area (Å²) in [6, 6.07) is 0. The number of hydrogen-bond acceptors (Lipinski definition) is 0. The molecular formula is C5H9BaCl. The van der Waals surface area contributed by atoms with Gasteiger partial charge in [0.25, 0.3) is 0 Å². The molecule has 0 heterocycles. The van der Waals surface area contributed by atoms with Crippen molar-refractivity contribution in [1.29, 1.82) is 0 Å². The van der Waals surface area contributed by atoms with Crippen molar-refractivity contribution < 1.29 is 12.4 Å². The molecule has 38 valence electrons. The Labute approximate surface area is 92.2 Å². The molecule has 0 amide bonds. The van der Waals surface area contributed by atoms with E-state index in [0.29, 0.717) is 0 Å². The zero-order chi connectivity index (χ0) is 4.28. The smallest absolute Gasteiger partial charge is 1.00 e. The Kier molecular flexibility index (Phi) is 23.6. The molecule has 0 N–H and O–H groups in total. The van der Waals surface area contributed by atoms with Gasteiger partial charge in [0, 0.05) is 0 Å². The Bertz CT molecular complexity index is 46.0. The van der Waals surface area contributed by atoms with Gasteiger partial charge in [-0.25, -0.2) is 18.6 Å². The van der Waals surface area contributed by atoms with E-state index >= 15 is 0 Å². The minimum Gasteiger partial charge on any atom is -1.00 e. The van der Waals surface area contributed by atoms with Crippen molar-refractivity contribution in [2.24, 2.45) is 0 Å². The number of allylic oxidation sites excluding steroid dienone is 2. The standard InChI is InChI=1S/C5H9.Ba.ClH/c1-4-5(2)3;;/h4H,1H2,2-3H3;;1H/q-1;+2;/p-1. The minimum atomic E-state index is 0. The topological polar surface area (TPSA) is 0 Å². The quantitative estimate of drug-likeness (QED) is 0.355. The van der Waals surface area contributed by atoms with Crippen molar-refractivity contribution >= 4 is 48.9 Å². The summed E-state index contributed by atoms with van der Waals surface area (Å²) in [5, 5.41) is 0. The molecule has 0 radical (unpaired) electrons. The van der Waals surface area contributed by atoms with Crippen LogP contribution in [0.2, 0.25) is 0 Å². The van der Waals surface area contributed by atoms with E-state index in [1.54, 1.807) is 0 Å². The molecule has 0 saturated heterocycles. The number of hydrogen-bond donors (Lipinski definition) is 0. The summed E-state index contributed by atoms with van der Waals surface area (Å²) in [6.07, 6.45) is 1.83. The summed E-state index contributed by atoms with van der Waals surface area (Å²) in [7, 11) is 0. The Morgan fingerprint density at radius 2 is 1.57 bits per heavy atom. The Morgan fingerprint density at radius 3 is 1.57 bits per heavy atom. The monoisotopic (exact) mass is 242 g/mol. The molecule has 0 aliphatic rings. The maximum atomic E-state index is 3.52. The summed E-state index contributed by atoms with van der Waals surface area (Å²) >= 11 is 0. The van der Waals surface area contributed by atoms with Crippen LogP contribution in [0.1, 0.15) is 13.8 Å². The largest absolute Gasteiger partial charge is 2.00 e. The van der Waals surface area contributed by atoms with Gasteiger partial charge in [-0.05, 0) is 0 Å². The summed E-state index contributed by atoms with van der Waals surface area (Å²) in [5.41, 5.74) is 1.27. The van der Waals surface area contributed by atoms with Crippen molar-refractivity contribution in [2.45, 2.75) is 13.8 Å². The van der Waals surface area contributed by atoms with Crippen molar-refractivity contribution in [2.75, 3.05) is 0 Å². The summed E-state index contributed by atoms with van der Waals surface area (Å²) in [4.78, 5) is 0. The number of rotatable bonds is 0. The van der Waals surface area contributed by atoms with E-state index in [-0.39, 0.29) is 61.3 Å².